The quantitative estimate of drug-likeness (QED) is 0.919. The maximum atomic E-state index is 5.84. The molecule has 0 aliphatic carbocycles. The second-order valence-corrected chi connectivity index (χ2v) is 4.70. The lowest BCUT2D eigenvalue weighted by Crippen LogP contribution is -2.05. The fourth-order valence-electron chi connectivity index (χ4n) is 1.63. The summed E-state index contributed by atoms with van der Waals surface area (Å²) in [6.45, 7) is 3.95. The number of nitrogens with zero attached hydrogens (tertiary/aromatic N) is 2. The molecule has 1 aromatic carbocycles. The van der Waals surface area contributed by atoms with Crippen molar-refractivity contribution in [2.45, 2.75) is 19.9 Å². The third-order valence-corrected chi connectivity index (χ3v) is 3.22. The van der Waals surface area contributed by atoms with Gasteiger partial charge < -0.3 is 10.3 Å². The highest BCUT2D eigenvalue weighted by Gasteiger charge is 2.07. The van der Waals surface area contributed by atoms with Gasteiger partial charge in [-0.25, -0.2) is 4.98 Å². The first-order valence-electron chi connectivity index (χ1n) is 5.15. The molecule has 0 bridgehead atoms. The second kappa shape index (κ2) is 4.39. The predicted octanol–water partition coefficient (Wildman–Crippen LogP) is 2.96. The average molecular weight is 280 g/mol. The summed E-state index contributed by atoms with van der Waals surface area (Å²) in [6.07, 6.45) is 3.74. The van der Waals surface area contributed by atoms with Gasteiger partial charge >= 0.3 is 0 Å². The summed E-state index contributed by atoms with van der Waals surface area (Å²) in [4.78, 5) is 4.21. The Morgan fingerprint density at radius 3 is 2.69 bits per heavy atom. The Hall–Kier alpha value is -1.13. The number of aromatic nitrogens is 2. The number of halogens is 1. The van der Waals surface area contributed by atoms with Crippen LogP contribution in [-0.2, 0) is 0 Å². The lowest BCUT2D eigenvalue weighted by atomic mass is 10.1. The first-order valence-corrected chi connectivity index (χ1v) is 5.94. The summed E-state index contributed by atoms with van der Waals surface area (Å²) >= 11 is 3.57. The highest BCUT2D eigenvalue weighted by atomic mass is 79.9. The standard InChI is InChI=1S/C12H14BrN3/c1-8(14)10-3-4-12(11(13)7-10)16-6-5-15-9(16)2/h3-8H,14H2,1-2H3. The molecule has 4 heteroatoms. The Morgan fingerprint density at radius 1 is 1.44 bits per heavy atom. The monoisotopic (exact) mass is 279 g/mol. The van der Waals surface area contributed by atoms with Crippen LogP contribution < -0.4 is 5.73 Å². The van der Waals surface area contributed by atoms with Gasteiger partial charge in [-0.2, -0.15) is 0 Å². The molecule has 2 rings (SSSR count). The molecule has 0 saturated carbocycles. The molecular weight excluding hydrogens is 266 g/mol. The van der Waals surface area contributed by atoms with Crippen LogP contribution in [0.15, 0.2) is 35.1 Å². The number of benzene rings is 1. The molecular formula is C12H14BrN3. The Kier molecular flexibility index (Phi) is 3.12. The summed E-state index contributed by atoms with van der Waals surface area (Å²) in [7, 11) is 0. The van der Waals surface area contributed by atoms with E-state index in [2.05, 4.69) is 33.0 Å². The summed E-state index contributed by atoms with van der Waals surface area (Å²) in [5.41, 5.74) is 8.04. The normalized spacial score (nSPS) is 12.8. The van der Waals surface area contributed by atoms with Crippen LogP contribution in [0.3, 0.4) is 0 Å². The van der Waals surface area contributed by atoms with E-state index in [-0.39, 0.29) is 6.04 Å². The van der Waals surface area contributed by atoms with Gasteiger partial charge in [-0.15, -0.1) is 0 Å². The molecule has 0 fully saturated rings. The molecule has 0 aliphatic heterocycles. The largest absolute Gasteiger partial charge is 0.324 e. The topological polar surface area (TPSA) is 43.8 Å². The molecule has 1 atom stereocenters. The van der Waals surface area contributed by atoms with Crippen LogP contribution in [0.4, 0.5) is 0 Å². The minimum atomic E-state index is 0.0502. The van der Waals surface area contributed by atoms with Crippen molar-refractivity contribution in [1.29, 1.82) is 0 Å². The highest BCUT2D eigenvalue weighted by molar-refractivity contribution is 9.10. The van der Waals surface area contributed by atoms with Crippen LogP contribution in [0.2, 0.25) is 0 Å². The summed E-state index contributed by atoms with van der Waals surface area (Å²) in [6, 6.07) is 6.20. The Morgan fingerprint density at radius 2 is 2.19 bits per heavy atom. The molecule has 1 heterocycles. The average Bonchev–Trinajstić information content (AvgIpc) is 2.64. The maximum absolute atomic E-state index is 5.84. The summed E-state index contributed by atoms with van der Waals surface area (Å²) in [5, 5.41) is 0. The molecule has 0 radical (unpaired) electrons. The van der Waals surface area contributed by atoms with Crippen molar-refractivity contribution >= 4 is 15.9 Å². The van der Waals surface area contributed by atoms with Gasteiger partial charge in [0.1, 0.15) is 5.82 Å². The zero-order valence-electron chi connectivity index (χ0n) is 9.31. The zero-order chi connectivity index (χ0) is 11.7. The molecule has 0 aliphatic rings. The summed E-state index contributed by atoms with van der Waals surface area (Å²) in [5.74, 6) is 0.967. The van der Waals surface area contributed by atoms with E-state index in [0.29, 0.717) is 0 Å². The van der Waals surface area contributed by atoms with Crippen LogP contribution in [-0.4, -0.2) is 9.55 Å². The summed E-state index contributed by atoms with van der Waals surface area (Å²) < 4.78 is 3.07. The number of hydrogen-bond donors (Lipinski definition) is 1. The van der Waals surface area contributed by atoms with Crippen molar-refractivity contribution in [3.63, 3.8) is 0 Å². The van der Waals surface area contributed by atoms with Gasteiger partial charge in [-0.05, 0) is 47.5 Å². The van der Waals surface area contributed by atoms with Crippen molar-refractivity contribution in [1.82, 2.24) is 9.55 Å². The minimum Gasteiger partial charge on any atom is -0.324 e. The number of imidazole rings is 1. The Bertz CT molecular complexity index is 503. The van der Waals surface area contributed by atoms with Crippen LogP contribution in [0.1, 0.15) is 24.4 Å². The van der Waals surface area contributed by atoms with E-state index in [0.717, 1.165) is 21.5 Å². The van der Waals surface area contributed by atoms with E-state index in [1.165, 1.54) is 0 Å². The molecule has 1 aromatic heterocycles. The molecule has 2 aromatic rings. The first-order chi connectivity index (χ1) is 7.59. The van der Waals surface area contributed by atoms with Crippen molar-refractivity contribution in [2.75, 3.05) is 0 Å². The van der Waals surface area contributed by atoms with Gasteiger partial charge in [0.25, 0.3) is 0 Å². The van der Waals surface area contributed by atoms with E-state index in [4.69, 9.17) is 5.73 Å². The molecule has 1 unspecified atom stereocenters. The lowest BCUT2D eigenvalue weighted by Gasteiger charge is -2.11. The lowest BCUT2D eigenvalue weighted by molar-refractivity contribution is 0.815. The number of rotatable bonds is 2. The third-order valence-electron chi connectivity index (χ3n) is 2.58. The highest BCUT2D eigenvalue weighted by Crippen LogP contribution is 2.25. The second-order valence-electron chi connectivity index (χ2n) is 3.84. The van der Waals surface area contributed by atoms with Crippen LogP contribution in [0.5, 0.6) is 0 Å². The van der Waals surface area contributed by atoms with Crippen molar-refractivity contribution in [3.8, 4) is 5.69 Å². The van der Waals surface area contributed by atoms with Gasteiger partial charge in [0.05, 0.1) is 5.69 Å². The Balaban J connectivity index is 2.48. The predicted molar refractivity (Wildman–Crippen MR) is 68.6 cm³/mol. The van der Waals surface area contributed by atoms with Gasteiger partial charge in [0, 0.05) is 22.9 Å². The molecule has 0 spiro atoms. The molecule has 0 saturated heterocycles. The van der Waals surface area contributed by atoms with Crippen LogP contribution in [0, 0.1) is 6.92 Å². The van der Waals surface area contributed by atoms with E-state index < -0.39 is 0 Å². The number of aryl methyl sites for hydroxylation is 1. The van der Waals surface area contributed by atoms with E-state index in [9.17, 15) is 0 Å². The smallest absolute Gasteiger partial charge is 0.110 e. The SMILES string of the molecule is Cc1nccn1-c1ccc(C(C)N)cc1Br. The van der Waals surface area contributed by atoms with Crippen molar-refractivity contribution in [2.24, 2.45) is 5.73 Å². The first kappa shape index (κ1) is 11.4. The van der Waals surface area contributed by atoms with E-state index in [1.54, 1.807) is 6.20 Å². The minimum absolute atomic E-state index is 0.0502. The van der Waals surface area contributed by atoms with E-state index >= 15 is 0 Å². The molecule has 3 nitrogen and oxygen atoms in total. The van der Waals surface area contributed by atoms with E-state index in [1.807, 2.05) is 30.7 Å². The zero-order valence-corrected chi connectivity index (χ0v) is 10.9. The number of hydrogen-bond acceptors (Lipinski definition) is 2. The van der Waals surface area contributed by atoms with Crippen LogP contribution >= 0.6 is 15.9 Å². The molecule has 2 N–H and O–H groups in total. The van der Waals surface area contributed by atoms with Gasteiger partial charge in [0.15, 0.2) is 0 Å². The van der Waals surface area contributed by atoms with Gasteiger partial charge in [-0.3, -0.25) is 0 Å². The maximum Gasteiger partial charge on any atom is 0.110 e. The third kappa shape index (κ3) is 2.03. The van der Waals surface area contributed by atoms with Crippen molar-refractivity contribution < 1.29 is 0 Å². The fourth-order valence-corrected chi connectivity index (χ4v) is 2.22. The fraction of sp³-hybridized carbons (Fsp3) is 0.250. The van der Waals surface area contributed by atoms with Crippen molar-refractivity contribution in [3.05, 3.63) is 46.5 Å². The van der Waals surface area contributed by atoms with Gasteiger partial charge in [-0.1, -0.05) is 6.07 Å². The molecule has 0 amide bonds. The van der Waals surface area contributed by atoms with Crippen LogP contribution in [0.25, 0.3) is 5.69 Å². The number of nitrogens with two attached hydrogens (primary N) is 1. The Labute approximate surface area is 103 Å². The molecule has 84 valence electrons. The molecule has 16 heavy (non-hydrogen) atoms. The van der Waals surface area contributed by atoms with Gasteiger partial charge in [0.2, 0.25) is 0 Å².